The fraction of sp³-hybridized carbons (Fsp3) is 0.364. The van der Waals surface area contributed by atoms with Crippen molar-refractivity contribution in [3.8, 4) is 5.75 Å². The van der Waals surface area contributed by atoms with E-state index < -0.39 is 5.97 Å². The molecular formula is C11H14ClNO3. The zero-order chi connectivity index (χ0) is 12.0. The molecule has 0 saturated heterocycles. The van der Waals surface area contributed by atoms with Crippen LogP contribution in [0.2, 0.25) is 5.02 Å². The van der Waals surface area contributed by atoms with E-state index in [0.29, 0.717) is 23.7 Å². The number of carboxylic acid groups (broad SMARTS) is 1. The number of aliphatic carboxylic acids is 1. The Morgan fingerprint density at radius 3 is 2.94 bits per heavy atom. The molecule has 0 aliphatic heterocycles. The van der Waals surface area contributed by atoms with Gasteiger partial charge in [-0.1, -0.05) is 11.6 Å². The van der Waals surface area contributed by atoms with E-state index in [4.69, 9.17) is 21.4 Å². The summed E-state index contributed by atoms with van der Waals surface area (Å²) in [5.74, 6) is -0.0976. The summed E-state index contributed by atoms with van der Waals surface area (Å²) in [6.07, 6.45) is 0.709. The molecule has 0 aromatic heterocycles. The van der Waals surface area contributed by atoms with Crippen LogP contribution in [0.1, 0.15) is 12.8 Å². The summed E-state index contributed by atoms with van der Waals surface area (Å²) in [6.45, 7) is 0.572. The predicted molar refractivity (Wildman–Crippen MR) is 63.4 cm³/mol. The summed E-state index contributed by atoms with van der Waals surface area (Å²) in [4.78, 5) is 10.3. The van der Waals surface area contributed by atoms with Gasteiger partial charge in [0, 0.05) is 18.0 Å². The van der Waals surface area contributed by atoms with Gasteiger partial charge in [-0.25, -0.2) is 0 Å². The van der Waals surface area contributed by atoms with E-state index in [9.17, 15) is 4.79 Å². The zero-order valence-electron chi connectivity index (χ0n) is 9.00. The highest BCUT2D eigenvalue weighted by Crippen LogP contribution is 2.27. The zero-order valence-corrected chi connectivity index (χ0v) is 9.75. The maximum absolute atomic E-state index is 10.3. The summed E-state index contributed by atoms with van der Waals surface area (Å²) >= 11 is 5.85. The topological polar surface area (TPSA) is 58.6 Å². The average Bonchev–Trinajstić information content (AvgIpc) is 2.24. The summed E-state index contributed by atoms with van der Waals surface area (Å²) in [7, 11) is 1.58. The minimum atomic E-state index is -0.792. The molecule has 0 aliphatic carbocycles. The van der Waals surface area contributed by atoms with Gasteiger partial charge in [-0.2, -0.15) is 0 Å². The van der Waals surface area contributed by atoms with Gasteiger partial charge in [-0.15, -0.1) is 0 Å². The third-order valence-corrected chi connectivity index (χ3v) is 2.28. The van der Waals surface area contributed by atoms with Gasteiger partial charge in [-0.3, -0.25) is 4.79 Å². The van der Waals surface area contributed by atoms with Crippen molar-refractivity contribution in [3.05, 3.63) is 23.2 Å². The molecule has 1 rings (SSSR count). The van der Waals surface area contributed by atoms with Crippen LogP contribution >= 0.6 is 11.6 Å². The van der Waals surface area contributed by atoms with Crippen LogP contribution in [0.5, 0.6) is 5.75 Å². The number of carbonyl (C=O) groups is 1. The SMILES string of the molecule is COc1ccc(Cl)cc1NCCCC(=O)O. The predicted octanol–water partition coefficient (Wildman–Crippen LogP) is 2.63. The molecule has 2 N–H and O–H groups in total. The first-order valence-electron chi connectivity index (χ1n) is 4.92. The number of hydrogen-bond acceptors (Lipinski definition) is 3. The fourth-order valence-corrected chi connectivity index (χ4v) is 1.45. The summed E-state index contributed by atoms with van der Waals surface area (Å²) < 4.78 is 5.14. The number of rotatable bonds is 6. The Hall–Kier alpha value is -1.42. The molecule has 88 valence electrons. The second-order valence-electron chi connectivity index (χ2n) is 3.27. The molecular weight excluding hydrogens is 230 g/mol. The van der Waals surface area contributed by atoms with E-state index in [1.807, 2.05) is 0 Å². The highest BCUT2D eigenvalue weighted by molar-refractivity contribution is 6.30. The standard InChI is InChI=1S/C11H14ClNO3/c1-16-10-5-4-8(12)7-9(10)13-6-2-3-11(14)15/h4-5,7,13H,2-3,6H2,1H3,(H,14,15). The Morgan fingerprint density at radius 2 is 2.31 bits per heavy atom. The quantitative estimate of drug-likeness (QED) is 0.754. The van der Waals surface area contributed by atoms with Crippen molar-refractivity contribution in [3.63, 3.8) is 0 Å². The molecule has 0 amide bonds. The maximum Gasteiger partial charge on any atom is 0.303 e. The summed E-state index contributed by atoms with van der Waals surface area (Å²) in [6, 6.07) is 5.26. The highest BCUT2D eigenvalue weighted by atomic mass is 35.5. The van der Waals surface area contributed by atoms with E-state index >= 15 is 0 Å². The molecule has 4 nitrogen and oxygen atoms in total. The van der Waals surface area contributed by atoms with E-state index in [2.05, 4.69) is 5.32 Å². The molecule has 0 fully saturated rings. The lowest BCUT2D eigenvalue weighted by atomic mass is 10.2. The number of benzene rings is 1. The van der Waals surface area contributed by atoms with Crippen molar-refractivity contribution >= 4 is 23.3 Å². The third-order valence-electron chi connectivity index (χ3n) is 2.04. The molecule has 0 aliphatic rings. The molecule has 0 spiro atoms. The normalized spacial score (nSPS) is 9.88. The molecule has 0 unspecified atom stereocenters. The van der Waals surface area contributed by atoms with Crippen LogP contribution in [0.15, 0.2) is 18.2 Å². The Labute approximate surface area is 99.2 Å². The van der Waals surface area contributed by atoms with E-state index in [1.54, 1.807) is 25.3 Å². The van der Waals surface area contributed by atoms with Crippen LogP contribution in [0, 0.1) is 0 Å². The number of carboxylic acids is 1. The number of halogens is 1. The molecule has 16 heavy (non-hydrogen) atoms. The average molecular weight is 244 g/mol. The van der Waals surface area contributed by atoms with Crippen molar-refractivity contribution in [1.29, 1.82) is 0 Å². The summed E-state index contributed by atoms with van der Waals surface area (Å²) in [5.41, 5.74) is 0.778. The van der Waals surface area contributed by atoms with Gasteiger partial charge in [0.25, 0.3) is 0 Å². The van der Waals surface area contributed by atoms with Crippen molar-refractivity contribution in [2.24, 2.45) is 0 Å². The molecule has 0 heterocycles. The van der Waals surface area contributed by atoms with Crippen LogP contribution < -0.4 is 10.1 Å². The molecule has 5 heteroatoms. The van der Waals surface area contributed by atoms with Gasteiger partial charge in [0.05, 0.1) is 12.8 Å². The maximum atomic E-state index is 10.3. The number of anilines is 1. The molecule has 1 aromatic carbocycles. The second-order valence-corrected chi connectivity index (χ2v) is 3.71. The molecule has 1 aromatic rings. The largest absolute Gasteiger partial charge is 0.495 e. The Kier molecular flexibility index (Phi) is 4.92. The monoisotopic (exact) mass is 243 g/mol. The lowest BCUT2D eigenvalue weighted by Crippen LogP contribution is -2.05. The first-order chi connectivity index (χ1) is 7.63. The first-order valence-corrected chi connectivity index (χ1v) is 5.30. The third kappa shape index (κ3) is 3.98. The van der Waals surface area contributed by atoms with Gasteiger partial charge in [0.15, 0.2) is 0 Å². The van der Waals surface area contributed by atoms with Crippen molar-refractivity contribution in [2.45, 2.75) is 12.8 Å². The van der Waals surface area contributed by atoms with Gasteiger partial charge in [-0.05, 0) is 24.6 Å². The van der Waals surface area contributed by atoms with E-state index in [0.717, 1.165) is 5.69 Å². The van der Waals surface area contributed by atoms with Crippen molar-refractivity contribution in [2.75, 3.05) is 19.0 Å². The smallest absolute Gasteiger partial charge is 0.303 e. The molecule has 0 bridgehead atoms. The van der Waals surface area contributed by atoms with Gasteiger partial charge >= 0.3 is 5.97 Å². The van der Waals surface area contributed by atoms with Crippen LogP contribution in [-0.4, -0.2) is 24.7 Å². The van der Waals surface area contributed by atoms with E-state index in [-0.39, 0.29) is 6.42 Å². The van der Waals surface area contributed by atoms with Crippen LogP contribution in [-0.2, 0) is 4.79 Å². The number of methoxy groups -OCH3 is 1. The molecule has 0 saturated carbocycles. The Morgan fingerprint density at radius 1 is 1.56 bits per heavy atom. The van der Waals surface area contributed by atoms with Gasteiger partial charge in [0.1, 0.15) is 5.75 Å². The van der Waals surface area contributed by atoms with E-state index in [1.165, 1.54) is 0 Å². The minimum absolute atomic E-state index is 0.149. The number of hydrogen-bond donors (Lipinski definition) is 2. The summed E-state index contributed by atoms with van der Waals surface area (Å²) in [5, 5.41) is 12.2. The molecule has 0 radical (unpaired) electrons. The second kappa shape index (κ2) is 6.23. The van der Waals surface area contributed by atoms with Crippen molar-refractivity contribution in [1.82, 2.24) is 0 Å². The van der Waals surface area contributed by atoms with Crippen LogP contribution in [0.4, 0.5) is 5.69 Å². The fourth-order valence-electron chi connectivity index (χ4n) is 1.28. The minimum Gasteiger partial charge on any atom is -0.495 e. The Balaban J connectivity index is 2.51. The first kappa shape index (κ1) is 12.6. The van der Waals surface area contributed by atoms with Crippen molar-refractivity contribution < 1.29 is 14.6 Å². The van der Waals surface area contributed by atoms with Crippen LogP contribution in [0.3, 0.4) is 0 Å². The van der Waals surface area contributed by atoms with Gasteiger partial charge in [0.2, 0.25) is 0 Å². The number of nitrogens with one attached hydrogen (secondary N) is 1. The lowest BCUT2D eigenvalue weighted by Gasteiger charge is -2.10. The number of ether oxygens (including phenoxy) is 1. The van der Waals surface area contributed by atoms with Crippen LogP contribution in [0.25, 0.3) is 0 Å². The Bertz CT molecular complexity index is 368. The lowest BCUT2D eigenvalue weighted by molar-refractivity contribution is -0.137. The molecule has 0 atom stereocenters. The highest BCUT2D eigenvalue weighted by Gasteiger charge is 2.03. The van der Waals surface area contributed by atoms with Gasteiger partial charge < -0.3 is 15.2 Å².